The Morgan fingerprint density at radius 2 is 2.06 bits per heavy atom. The highest BCUT2D eigenvalue weighted by atomic mass is 16.3. The van der Waals surface area contributed by atoms with Gasteiger partial charge in [-0.2, -0.15) is 5.10 Å². The van der Waals surface area contributed by atoms with Gasteiger partial charge in [-0.15, -0.1) is 13.2 Å². The molecular weight excluding hydrogens is 404 g/mol. The third-order valence-corrected chi connectivity index (χ3v) is 4.79. The molecule has 3 rings (SSSR count). The molecule has 7 nitrogen and oxygen atoms in total. The molecule has 0 aliphatic heterocycles. The van der Waals surface area contributed by atoms with Gasteiger partial charge in [0.1, 0.15) is 6.10 Å². The summed E-state index contributed by atoms with van der Waals surface area (Å²) >= 11 is 0. The lowest BCUT2D eigenvalue weighted by molar-refractivity contribution is -0.117. The van der Waals surface area contributed by atoms with Crippen LogP contribution in [0.2, 0.25) is 0 Å². The van der Waals surface area contributed by atoms with Crippen molar-refractivity contribution in [3.05, 3.63) is 72.4 Å². The number of hydrogen-bond acceptors (Lipinski definition) is 4. The SMILES string of the molecule is C=C.CCc1ccc2c(c1)c(C(N)=O)nn2-c1cccc(C#C[C@H](O)CCN(C)C=O)c1. The number of aliphatic hydroxyl groups is 1. The highest BCUT2D eigenvalue weighted by Crippen LogP contribution is 2.24. The van der Waals surface area contributed by atoms with Crippen LogP contribution in [0, 0.1) is 11.8 Å². The fourth-order valence-corrected chi connectivity index (χ4v) is 3.10. The molecule has 3 aromatic rings. The molecule has 166 valence electrons. The second kappa shape index (κ2) is 11.5. The first kappa shape index (κ1) is 24.4. The summed E-state index contributed by atoms with van der Waals surface area (Å²) in [6.45, 7) is 8.47. The monoisotopic (exact) mass is 432 g/mol. The van der Waals surface area contributed by atoms with Gasteiger partial charge in [0.25, 0.3) is 5.91 Å². The largest absolute Gasteiger partial charge is 0.380 e. The third kappa shape index (κ3) is 5.84. The van der Waals surface area contributed by atoms with E-state index in [-0.39, 0.29) is 5.69 Å². The number of rotatable bonds is 7. The van der Waals surface area contributed by atoms with Crippen molar-refractivity contribution in [1.29, 1.82) is 0 Å². The summed E-state index contributed by atoms with van der Waals surface area (Å²) in [6.07, 6.45) is 1.08. The molecule has 0 saturated carbocycles. The number of aromatic nitrogens is 2. The summed E-state index contributed by atoms with van der Waals surface area (Å²) in [4.78, 5) is 24.0. The Bertz CT molecular complexity index is 1160. The van der Waals surface area contributed by atoms with E-state index in [0.29, 0.717) is 30.3 Å². The molecule has 0 aliphatic carbocycles. The molecular formula is C25H28N4O3. The Labute approximate surface area is 188 Å². The number of benzene rings is 2. The minimum Gasteiger partial charge on any atom is -0.380 e. The fraction of sp³-hybridized carbons (Fsp3) is 0.240. The van der Waals surface area contributed by atoms with E-state index < -0.39 is 12.0 Å². The lowest BCUT2D eigenvalue weighted by atomic mass is 10.1. The van der Waals surface area contributed by atoms with Gasteiger partial charge in [-0.05, 0) is 42.3 Å². The number of fused-ring (bicyclic) bond motifs is 1. The lowest BCUT2D eigenvalue weighted by Crippen LogP contribution is -2.21. The van der Waals surface area contributed by atoms with Gasteiger partial charge in [0.2, 0.25) is 6.41 Å². The van der Waals surface area contributed by atoms with Crippen LogP contribution < -0.4 is 5.73 Å². The molecule has 0 aliphatic rings. The molecule has 0 unspecified atom stereocenters. The molecule has 1 atom stereocenters. The summed E-state index contributed by atoms with van der Waals surface area (Å²) in [7, 11) is 1.65. The summed E-state index contributed by atoms with van der Waals surface area (Å²) in [5.41, 5.74) is 9.08. The van der Waals surface area contributed by atoms with Crippen LogP contribution in [0.3, 0.4) is 0 Å². The molecule has 2 amide bonds. The Balaban J connectivity index is 0.00000176. The number of amides is 2. The van der Waals surface area contributed by atoms with E-state index in [2.05, 4.69) is 30.1 Å². The number of aliphatic hydroxyl groups excluding tert-OH is 1. The summed E-state index contributed by atoms with van der Waals surface area (Å²) < 4.78 is 1.68. The van der Waals surface area contributed by atoms with Crippen molar-refractivity contribution in [2.75, 3.05) is 13.6 Å². The van der Waals surface area contributed by atoms with Crippen molar-refractivity contribution in [2.45, 2.75) is 25.9 Å². The van der Waals surface area contributed by atoms with Crippen LogP contribution in [0.5, 0.6) is 0 Å². The highest BCUT2D eigenvalue weighted by Gasteiger charge is 2.16. The normalized spacial score (nSPS) is 11.0. The second-order valence-corrected chi connectivity index (χ2v) is 7.04. The number of nitrogens with zero attached hydrogens (tertiary/aromatic N) is 3. The maximum atomic E-state index is 11.9. The average molecular weight is 433 g/mol. The number of aryl methyl sites for hydroxylation is 1. The van der Waals surface area contributed by atoms with Crippen molar-refractivity contribution in [3.63, 3.8) is 0 Å². The van der Waals surface area contributed by atoms with Gasteiger partial charge in [0.05, 0.1) is 11.2 Å². The average Bonchev–Trinajstić information content (AvgIpc) is 3.21. The Hall–Kier alpha value is -3.89. The van der Waals surface area contributed by atoms with E-state index in [4.69, 9.17) is 5.73 Å². The van der Waals surface area contributed by atoms with E-state index in [9.17, 15) is 14.7 Å². The van der Waals surface area contributed by atoms with Gasteiger partial charge in [-0.1, -0.05) is 30.9 Å². The molecule has 0 saturated heterocycles. The maximum absolute atomic E-state index is 11.9. The fourth-order valence-electron chi connectivity index (χ4n) is 3.10. The van der Waals surface area contributed by atoms with Crippen LogP contribution >= 0.6 is 0 Å². The first-order valence-electron chi connectivity index (χ1n) is 10.2. The molecule has 2 aromatic carbocycles. The van der Waals surface area contributed by atoms with Gasteiger partial charge >= 0.3 is 0 Å². The highest BCUT2D eigenvalue weighted by molar-refractivity contribution is 6.04. The van der Waals surface area contributed by atoms with Crippen molar-refractivity contribution in [1.82, 2.24) is 14.7 Å². The van der Waals surface area contributed by atoms with Gasteiger partial charge in [-0.3, -0.25) is 9.59 Å². The Kier molecular flexibility index (Phi) is 8.75. The molecule has 0 bridgehead atoms. The first-order valence-corrected chi connectivity index (χ1v) is 10.2. The zero-order valence-corrected chi connectivity index (χ0v) is 18.4. The number of primary amides is 1. The zero-order chi connectivity index (χ0) is 23.7. The summed E-state index contributed by atoms with van der Waals surface area (Å²) in [5.74, 6) is 5.17. The quantitative estimate of drug-likeness (QED) is 0.340. The lowest BCUT2D eigenvalue weighted by Gasteiger charge is -2.10. The zero-order valence-electron chi connectivity index (χ0n) is 18.4. The van der Waals surface area contributed by atoms with E-state index >= 15 is 0 Å². The van der Waals surface area contributed by atoms with E-state index in [0.717, 1.165) is 23.2 Å². The Morgan fingerprint density at radius 3 is 2.72 bits per heavy atom. The van der Waals surface area contributed by atoms with E-state index in [1.807, 2.05) is 49.4 Å². The van der Waals surface area contributed by atoms with Gasteiger partial charge in [0.15, 0.2) is 5.69 Å². The van der Waals surface area contributed by atoms with Crippen molar-refractivity contribution in [3.8, 4) is 17.5 Å². The topological polar surface area (TPSA) is 101 Å². The molecule has 0 spiro atoms. The number of nitrogens with two attached hydrogens (primary N) is 1. The van der Waals surface area contributed by atoms with E-state index in [1.165, 1.54) is 4.90 Å². The van der Waals surface area contributed by atoms with E-state index in [1.54, 1.807) is 11.7 Å². The maximum Gasteiger partial charge on any atom is 0.269 e. The van der Waals surface area contributed by atoms with Crippen molar-refractivity contribution >= 4 is 23.2 Å². The summed E-state index contributed by atoms with van der Waals surface area (Å²) in [5, 5.41) is 15.2. The van der Waals surface area contributed by atoms with Crippen LogP contribution in [-0.4, -0.2) is 51.8 Å². The molecule has 0 fully saturated rings. The number of carbonyl (C=O) groups is 2. The van der Waals surface area contributed by atoms with Gasteiger partial charge in [0, 0.05) is 31.0 Å². The number of hydrogen-bond donors (Lipinski definition) is 2. The molecule has 0 radical (unpaired) electrons. The Morgan fingerprint density at radius 1 is 1.31 bits per heavy atom. The van der Waals surface area contributed by atoms with Crippen molar-refractivity contribution in [2.24, 2.45) is 5.73 Å². The molecule has 3 N–H and O–H groups in total. The molecule has 1 heterocycles. The van der Waals surface area contributed by atoms with Gasteiger partial charge < -0.3 is 15.7 Å². The summed E-state index contributed by atoms with van der Waals surface area (Å²) in [6, 6.07) is 13.2. The van der Waals surface area contributed by atoms with Crippen LogP contribution in [0.4, 0.5) is 0 Å². The van der Waals surface area contributed by atoms with Crippen LogP contribution in [0.25, 0.3) is 16.6 Å². The standard InChI is InChI=1S/C23H24N4O3.C2H4/c1-3-16-8-10-21-20(14-16)22(23(24)30)25-27(21)18-6-4-5-17(13-18)7-9-19(29)11-12-26(2)15-28;1-2/h4-6,8,10,13-15,19,29H,3,11-12H2,1-2H3,(H2,24,30);1-2H2/t19-;/m0./s1. The minimum absolute atomic E-state index is 0.228. The third-order valence-electron chi connectivity index (χ3n) is 4.79. The van der Waals surface area contributed by atoms with Gasteiger partial charge in [-0.25, -0.2) is 4.68 Å². The van der Waals surface area contributed by atoms with Crippen LogP contribution in [-0.2, 0) is 11.2 Å². The molecule has 32 heavy (non-hydrogen) atoms. The van der Waals surface area contributed by atoms with Crippen LogP contribution in [0.15, 0.2) is 55.6 Å². The number of carbonyl (C=O) groups excluding carboxylic acids is 2. The molecule has 1 aromatic heterocycles. The van der Waals surface area contributed by atoms with Crippen LogP contribution in [0.1, 0.15) is 35.0 Å². The predicted octanol–water partition coefficient (Wildman–Crippen LogP) is 2.68. The molecule has 7 heteroatoms. The minimum atomic E-state index is -0.837. The van der Waals surface area contributed by atoms with Crippen molar-refractivity contribution < 1.29 is 14.7 Å². The predicted molar refractivity (Wildman–Crippen MR) is 126 cm³/mol. The second-order valence-electron chi connectivity index (χ2n) is 7.04. The smallest absolute Gasteiger partial charge is 0.269 e. The first-order chi connectivity index (χ1) is 15.4.